The fourth-order valence-electron chi connectivity index (χ4n) is 9.60. The van der Waals surface area contributed by atoms with Gasteiger partial charge in [-0.15, -0.1) is 29.7 Å². The van der Waals surface area contributed by atoms with Crippen LogP contribution in [-0.4, -0.2) is 14.1 Å². The van der Waals surface area contributed by atoms with Crippen LogP contribution in [0.2, 0.25) is 0 Å². The van der Waals surface area contributed by atoms with Crippen molar-refractivity contribution in [2.24, 2.45) is 5.41 Å². The van der Waals surface area contributed by atoms with Crippen molar-refractivity contribution in [3.63, 3.8) is 0 Å². The molecule has 0 saturated heterocycles. The molecule has 3 heterocycles. The molecule has 70 heavy (non-hydrogen) atoms. The minimum atomic E-state index is 0. The molecule has 1 unspecified atom stereocenters. The first kappa shape index (κ1) is 46.4. The zero-order valence-corrected chi connectivity index (χ0v) is 42.8. The summed E-state index contributed by atoms with van der Waals surface area (Å²) in [5, 5.41) is 2.21. The van der Waals surface area contributed by atoms with Crippen molar-refractivity contribution in [1.82, 2.24) is 14.1 Å². The second-order valence-electron chi connectivity index (χ2n) is 20.2. The summed E-state index contributed by atoms with van der Waals surface area (Å²) in [4.78, 5) is 5.23. The standard InChI is InChI=1S/C64H54N4O.Pt/c1-43(63(2,3)4)55-40-61(65-41-56(55)46-32-34-47(35-33-46)64(5,6)7)68-57-29-15-14-26-53(57)54-37-36-50(39-60(54)68)69-49-25-18-24-48(38-49)66-42-67(59-31-17-16-30-58(59)66)62-51(44-20-10-8-11-21-44)27-19-28-52(62)45-22-12-9-13-23-45;/h8-37,40-41,43H,1-7H3;/q-2;. The van der Waals surface area contributed by atoms with Crippen molar-refractivity contribution < 1.29 is 30.4 Å². The van der Waals surface area contributed by atoms with Crippen LogP contribution in [0.4, 0.5) is 0 Å². The molecule has 0 spiro atoms. The third-order valence-corrected chi connectivity index (χ3v) is 13.7. The number of fused-ring (bicyclic) bond motifs is 4. The summed E-state index contributed by atoms with van der Waals surface area (Å²) in [7, 11) is 0. The van der Waals surface area contributed by atoms with Gasteiger partial charge in [0.05, 0.1) is 16.7 Å². The Kier molecular flexibility index (Phi) is 12.3. The van der Waals surface area contributed by atoms with Gasteiger partial charge in [-0.2, -0.15) is 18.2 Å². The SMILES string of the molecule is CC(c1cc(-n2c3[c-]c(Oc4[c-]c(-n5[c-][n+](-c6c(-c7ccccc7)cccc6-c6ccccc6)c6ccccc65)ccc4)ccc3c3ccccc32)ncc1-c1ccc(C(C)(C)C)cc1)C(C)(C)C.[Pt]. The summed E-state index contributed by atoms with van der Waals surface area (Å²) in [6.07, 6.45) is 5.84. The maximum absolute atomic E-state index is 6.73. The summed E-state index contributed by atoms with van der Waals surface area (Å²) in [6, 6.07) is 73.4. The average Bonchev–Trinajstić information content (AvgIpc) is 3.92. The van der Waals surface area contributed by atoms with E-state index in [2.05, 4.69) is 257 Å². The van der Waals surface area contributed by atoms with E-state index >= 15 is 0 Å². The number of hydrogen-bond acceptors (Lipinski definition) is 2. The van der Waals surface area contributed by atoms with Gasteiger partial charge in [-0.05, 0) is 78.9 Å². The first-order valence-corrected chi connectivity index (χ1v) is 23.9. The molecule has 5 nitrogen and oxygen atoms in total. The molecule has 0 aliphatic carbocycles. The van der Waals surface area contributed by atoms with Crippen LogP contribution >= 0.6 is 0 Å². The maximum Gasteiger partial charge on any atom is 0.268 e. The van der Waals surface area contributed by atoms with E-state index in [0.29, 0.717) is 11.5 Å². The molecule has 0 aliphatic rings. The van der Waals surface area contributed by atoms with Crippen molar-refractivity contribution in [2.75, 3.05) is 0 Å². The molecule has 3 aromatic heterocycles. The van der Waals surface area contributed by atoms with E-state index in [0.717, 1.165) is 77.8 Å². The molecule has 0 fully saturated rings. The number of pyridine rings is 1. The van der Waals surface area contributed by atoms with Crippen molar-refractivity contribution in [1.29, 1.82) is 0 Å². The third kappa shape index (κ3) is 8.58. The molecule has 0 aliphatic heterocycles. The fraction of sp³-hybridized carbons (Fsp3) is 0.156. The van der Waals surface area contributed by atoms with Gasteiger partial charge in [0, 0.05) is 49.8 Å². The number of para-hydroxylation sites is 4. The van der Waals surface area contributed by atoms with Crippen LogP contribution in [0.15, 0.2) is 194 Å². The molecule has 0 radical (unpaired) electrons. The molecule has 0 saturated carbocycles. The second kappa shape index (κ2) is 18.5. The van der Waals surface area contributed by atoms with Gasteiger partial charge in [0.25, 0.3) is 6.33 Å². The van der Waals surface area contributed by atoms with E-state index < -0.39 is 0 Å². The first-order valence-electron chi connectivity index (χ1n) is 23.9. The third-order valence-electron chi connectivity index (χ3n) is 13.7. The molecule has 6 heteroatoms. The van der Waals surface area contributed by atoms with Gasteiger partial charge in [-0.25, -0.2) is 4.98 Å². The first-order chi connectivity index (χ1) is 33.4. The molecule has 0 bridgehead atoms. The van der Waals surface area contributed by atoms with Gasteiger partial charge >= 0.3 is 0 Å². The zero-order valence-electron chi connectivity index (χ0n) is 40.6. The van der Waals surface area contributed by atoms with Gasteiger partial charge in [0.2, 0.25) is 0 Å². The van der Waals surface area contributed by atoms with Gasteiger partial charge < -0.3 is 13.9 Å². The molecule has 11 aromatic rings. The summed E-state index contributed by atoms with van der Waals surface area (Å²) in [5.74, 6) is 2.24. The smallest absolute Gasteiger partial charge is 0.268 e. The van der Waals surface area contributed by atoms with Crippen molar-refractivity contribution in [3.8, 4) is 62.1 Å². The number of nitrogens with zero attached hydrogens (tertiary/aromatic N) is 4. The Balaban J connectivity index is 0.00000567. The zero-order chi connectivity index (χ0) is 47.4. The van der Waals surface area contributed by atoms with E-state index in [-0.39, 0.29) is 37.8 Å². The summed E-state index contributed by atoms with van der Waals surface area (Å²) >= 11 is 0. The molecule has 0 amide bonds. The monoisotopic (exact) mass is 1090 g/mol. The summed E-state index contributed by atoms with van der Waals surface area (Å²) < 4.78 is 13.2. The van der Waals surface area contributed by atoms with Gasteiger partial charge in [-0.3, -0.25) is 4.57 Å². The van der Waals surface area contributed by atoms with E-state index in [9.17, 15) is 0 Å². The number of aromatic nitrogens is 4. The molecular weight excluding hydrogens is 1040 g/mol. The van der Waals surface area contributed by atoms with Crippen LogP contribution in [0, 0.1) is 23.9 Å². The topological polar surface area (TPSA) is 35.9 Å². The number of hydrogen-bond donors (Lipinski definition) is 0. The van der Waals surface area contributed by atoms with Crippen LogP contribution < -0.4 is 9.30 Å². The van der Waals surface area contributed by atoms with Crippen LogP contribution in [0.3, 0.4) is 0 Å². The summed E-state index contributed by atoms with van der Waals surface area (Å²) in [5.41, 5.74) is 15.3. The van der Waals surface area contributed by atoms with Gasteiger partial charge in [-0.1, -0.05) is 200 Å². The average molecular weight is 1090 g/mol. The Labute approximate surface area is 426 Å². The van der Waals surface area contributed by atoms with Crippen molar-refractivity contribution >= 4 is 32.8 Å². The Morgan fingerprint density at radius 3 is 1.83 bits per heavy atom. The van der Waals surface area contributed by atoms with Crippen molar-refractivity contribution in [2.45, 2.75) is 59.8 Å². The molecule has 1 atom stereocenters. The van der Waals surface area contributed by atoms with Crippen LogP contribution in [0.1, 0.15) is 65.5 Å². The number of imidazole rings is 1. The maximum atomic E-state index is 6.73. The number of benzene rings is 8. The molecule has 0 N–H and O–H groups in total. The van der Waals surface area contributed by atoms with E-state index in [1.807, 2.05) is 18.2 Å². The van der Waals surface area contributed by atoms with Gasteiger partial charge in [0.1, 0.15) is 5.82 Å². The molecule has 11 rings (SSSR count). The molecular formula is C64H54N4OPt-2. The van der Waals surface area contributed by atoms with Crippen LogP contribution in [0.25, 0.3) is 83.4 Å². The summed E-state index contributed by atoms with van der Waals surface area (Å²) in [6.45, 7) is 16.1. The second-order valence-corrected chi connectivity index (χ2v) is 20.2. The Hall–Kier alpha value is -7.33. The Bertz CT molecular complexity index is 3610. The normalized spacial score (nSPS) is 12.3. The molecule has 348 valence electrons. The van der Waals surface area contributed by atoms with E-state index in [1.165, 1.54) is 16.7 Å². The number of ether oxygens (including phenoxy) is 1. The minimum Gasteiger partial charge on any atom is -0.510 e. The Morgan fingerprint density at radius 2 is 1.16 bits per heavy atom. The predicted octanol–water partition coefficient (Wildman–Crippen LogP) is 16.0. The number of rotatable bonds is 9. The van der Waals surface area contributed by atoms with Crippen molar-refractivity contribution in [3.05, 3.63) is 224 Å². The van der Waals surface area contributed by atoms with E-state index in [4.69, 9.17) is 9.72 Å². The van der Waals surface area contributed by atoms with Crippen LogP contribution in [-0.2, 0) is 26.5 Å². The van der Waals surface area contributed by atoms with Gasteiger partial charge in [0.15, 0.2) is 0 Å². The molecule has 8 aromatic carbocycles. The predicted molar refractivity (Wildman–Crippen MR) is 283 cm³/mol. The fourth-order valence-corrected chi connectivity index (χ4v) is 9.60. The largest absolute Gasteiger partial charge is 0.510 e. The van der Waals surface area contributed by atoms with E-state index in [1.54, 1.807) is 0 Å². The Morgan fingerprint density at radius 1 is 0.557 bits per heavy atom. The quantitative estimate of drug-likeness (QED) is 0.107. The van der Waals surface area contributed by atoms with Crippen LogP contribution in [0.5, 0.6) is 11.5 Å². The minimum absolute atomic E-state index is 0.